The highest BCUT2D eigenvalue weighted by atomic mass is 16.1. The van der Waals surface area contributed by atoms with Crippen molar-refractivity contribution in [2.24, 2.45) is 10.9 Å². The number of fused-ring (bicyclic) bond motifs is 2. The monoisotopic (exact) mass is 385 g/mol. The molecule has 2 aliphatic rings. The Morgan fingerprint density at radius 1 is 1.28 bits per heavy atom. The Morgan fingerprint density at radius 3 is 3.14 bits per heavy atom. The van der Waals surface area contributed by atoms with Gasteiger partial charge >= 0.3 is 0 Å². The molecule has 0 saturated carbocycles. The molecule has 6 nitrogen and oxygen atoms in total. The molecule has 0 bridgehead atoms. The molecular weight excluding hydrogens is 362 g/mol. The van der Waals surface area contributed by atoms with Crippen LogP contribution in [0, 0.1) is 5.92 Å². The summed E-state index contributed by atoms with van der Waals surface area (Å²) in [6.07, 6.45) is 17.3. The summed E-state index contributed by atoms with van der Waals surface area (Å²) in [6.45, 7) is 1.99. The van der Waals surface area contributed by atoms with Gasteiger partial charge in [0.2, 0.25) is 0 Å². The molecule has 1 N–H and O–H groups in total. The van der Waals surface area contributed by atoms with E-state index in [1.807, 2.05) is 37.5 Å². The molecule has 3 aromatic heterocycles. The molecule has 5 rings (SSSR count). The van der Waals surface area contributed by atoms with Gasteiger partial charge in [-0.2, -0.15) is 5.10 Å². The Balaban J connectivity index is 1.53. The first-order valence-electron chi connectivity index (χ1n) is 10.1. The van der Waals surface area contributed by atoms with Crippen molar-refractivity contribution in [2.75, 3.05) is 0 Å². The lowest BCUT2D eigenvalue weighted by Gasteiger charge is -2.17. The van der Waals surface area contributed by atoms with Crippen molar-refractivity contribution < 1.29 is 4.79 Å². The maximum atomic E-state index is 12.1. The van der Waals surface area contributed by atoms with Crippen molar-refractivity contribution in [2.45, 2.75) is 38.5 Å². The van der Waals surface area contributed by atoms with E-state index in [1.165, 1.54) is 0 Å². The van der Waals surface area contributed by atoms with Crippen molar-refractivity contribution in [3.63, 3.8) is 0 Å². The van der Waals surface area contributed by atoms with Gasteiger partial charge in [-0.15, -0.1) is 0 Å². The van der Waals surface area contributed by atoms with Gasteiger partial charge in [-0.05, 0) is 43.5 Å². The molecule has 3 heterocycles. The third-order valence-electron chi connectivity index (χ3n) is 5.82. The molecule has 6 heteroatoms. The zero-order valence-electron chi connectivity index (χ0n) is 16.4. The number of H-pyrrole nitrogens is 1. The standard InChI is InChI=1S/C23H23N5O/c1-15-4-2-5-18(9-10-22(15)29)25-23-21-6-3-11-28(21)14-20(26-23)16-7-8-17-13-24-27-19(17)12-16/h3,6-11,13-16H,2,4-5,12H2,1H3,(H,24,27)/b10-9-,25-18?. The molecule has 29 heavy (non-hydrogen) atoms. The largest absolute Gasteiger partial charge is 0.319 e. The number of hydrogen-bond acceptors (Lipinski definition) is 4. The number of hydrogen-bond donors (Lipinski definition) is 1. The maximum Gasteiger partial charge on any atom is 0.177 e. The molecule has 3 aromatic rings. The molecule has 2 atom stereocenters. The molecule has 0 aliphatic heterocycles. The lowest BCUT2D eigenvalue weighted by molar-refractivity contribution is -0.117. The zero-order chi connectivity index (χ0) is 19.8. The molecule has 0 saturated heterocycles. The smallest absolute Gasteiger partial charge is 0.177 e. The SMILES string of the molecule is CC1CCCC(=Nc2nc(C3C=Cc4cn[nH]c4C3)cn3cccc23)/C=C\C1=O. The van der Waals surface area contributed by atoms with Crippen molar-refractivity contribution >= 4 is 28.9 Å². The highest BCUT2D eigenvalue weighted by Crippen LogP contribution is 2.30. The fourth-order valence-electron chi connectivity index (χ4n) is 4.03. The van der Waals surface area contributed by atoms with E-state index in [1.54, 1.807) is 6.08 Å². The van der Waals surface area contributed by atoms with Crippen LogP contribution >= 0.6 is 0 Å². The number of aliphatic imine (C=N–C) groups is 1. The second kappa shape index (κ2) is 7.28. The average molecular weight is 385 g/mol. The van der Waals surface area contributed by atoms with Gasteiger partial charge in [0.25, 0.3) is 0 Å². The first-order valence-corrected chi connectivity index (χ1v) is 10.1. The van der Waals surface area contributed by atoms with Crippen LogP contribution in [0.3, 0.4) is 0 Å². The number of rotatable bonds is 2. The number of allylic oxidation sites excluding steroid dienone is 3. The summed E-state index contributed by atoms with van der Waals surface area (Å²) in [7, 11) is 0. The Morgan fingerprint density at radius 2 is 2.21 bits per heavy atom. The summed E-state index contributed by atoms with van der Waals surface area (Å²) in [5, 5.41) is 7.22. The van der Waals surface area contributed by atoms with Gasteiger partial charge in [0.15, 0.2) is 11.6 Å². The van der Waals surface area contributed by atoms with Crippen LogP contribution in [0.15, 0.2) is 53.9 Å². The van der Waals surface area contributed by atoms with E-state index in [9.17, 15) is 4.79 Å². The predicted octanol–water partition coefficient (Wildman–Crippen LogP) is 4.43. The average Bonchev–Trinajstić information content (AvgIpc) is 3.38. The summed E-state index contributed by atoms with van der Waals surface area (Å²) < 4.78 is 2.08. The van der Waals surface area contributed by atoms with Crippen molar-refractivity contribution in [1.82, 2.24) is 19.6 Å². The summed E-state index contributed by atoms with van der Waals surface area (Å²) >= 11 is 0. The number of ketones is 1. The molecular formula is C23H23N5O. The number of carbonyl (C=O) groups is 1. The van der Waals surface area contributed by atoms with Crippen LogP contribution in [0.1, 0.15) is 49.1 Å². The number of nitrogens with one attached hydrogen (secondary N) is 1. The van der Waals surface area contributed by atoms with Gasteiger partial charge in [-0.25, -0.2) is 9.98 Å². The van der Waals surface area contributed by atoms with Crippen LogP contribution in [0.25, 0.3) is 11.6 Å². The number of nitrogens with zero attached hydrogens (tertiary/aromatic N) is 4. The quantitative estimate of drug-likeness (QED) is 0.709. The highest BCUT2D eigenvalue weighted by molar-refractivity contribution is 6.03. The van der Waals surface area contributed by atoms with E-state index in [0.29, 0.717) is 5.82 Å². The van der Waals surface area contributed by atoms with Crippen molar-refractivity contribution in [1.29, 1.82) is 0 Å². The lowest BCUT2D eigenvalue weighted by atomic mass is 9.92. The van der Waals surface area contributed by atoms with Gasteiger partial charge in [-0.3, -0.25) is 9.89 Å². The fourth-order valence-corrected chi connectivity index (χ4v) is 4.03. The number of carbonyl (C=O) groups excluding carboxylic acids is 1. The third-order valence-corrected chi connectivity index (χ3v) is 5.82. The first kappa shape index (κ1) is 17.8. The Labute approximate surface area is 169 Å². The Kier molecular flexibility index (Phi) is 4.46. The van der Waals surface area contributed by atoms with Gasteiger partial charge in [0, 0.05) is 47.6 Å². The Hall–Kier alpha value is -3.28. The van der Waals surface area contributed by atoms with Gasteiger partial charge in [-0.1, -0.05) is 19.1 Å². The lowest BCUT2D eigenvalue weighted by Crippen LogP contribution is -2.12. The predicted molar refractivity (Wildman–Crippen MR) is 114 cm³/mol. The molecule has 2 aliphatic carbocycles. The van der Waals surface area contributed by atoms with Crippen molar-refractivity contribution in [3.05, 3.63) is 65.9 Å². The normalized spacial score (nSPS) is 24.4. The topological polar surface area (TPSA) is 75.4 Å². The van der Waals surface area contributed by atoms with Crippen LogP contribution in [-0.2, 0) is 11.2 Å². The summed E-state index contributed by atoms with van der Waals surface area (Å²) in [6, 6.07) is 4.03. The zero-order valence-corrected chi connectivity index (χ0v) is 16.4. The van der Waals surface area contributed by atoms with Crippen LogP contribution in [-0.4, -0.2) is 31.1 Å². The van der Waals surface area contributed by atoms with E-state index in [4.69, 9.17) is 9.98 Å². The van der Waals surface area contributed by atoms with Crippen molar-refractivity contribution in [3.8, 4) is 0 Å². The number of aromatic nitrogens is 4. The van der Waals surface area contributed by atoms with E-state index in [0.717, 1.165) is 53.9 Å². The minimum atomic E-state index is 0.0945. The Bertz CT molecular complexity index is 1160. The maximum absolute atomic E-state index is 12.1. The molecule has 2 unspecified atom stereocenters. The fraction of sp³-hybridized carbons (Fsp3) is 0.304. The van der Waals surface area contributed by atoms with E-state index in [2.05, 4.69) is 32.9 Å². The molecule has 0 fully saturated rings. The summed E-state index contributed by atoms with van der Waals surface area (Å²) in [4.78, 5) is 21.9. The van der Waals surface area contributed by atoms with E-state index in [-0.39, 0.29) is 17.6 Å². The highest BCUT2D eigenvalue weighted by Gasteiger charge is 2.20. The van der Waals surface area contributed by atoms with Gasteiger partial charge in [0.05, 0.1) is 17.4 Å². The van der Waals surface area contributed by atoms with Crippen LogP contribution in [0.4, 0.5) is 5.82 Å². The van der Waals surface area contributed by atoms with Gasteiger partial charge < -0.3 is 4.40 Å². The first-order chi connectivity index (χ1) is 14.2. The molecule has 0 amide bonds. The minimum absolute atomic E-state index is 0.0945. The minimum Gasteiger partial charge on any atom is -0.319 e. The second-order valence-electron chi connectivity index (χ2n) is 7.90. The molecule has 0 aromatic carbocycles. The summed E-state index contributed by atoms with van der Waals surface area (Å²) in [5.74, 6) is 1.15. The van der Waals surface area contributed by atoms with Crippen LogP contribution < -0.4 is 0 Å². The molecule has 0 radical (unpaired) electrons. The van der Waals surface area contributed by atoms with E-state index < -0.39 is 0 Å². The number of aromatic amines is 1. The van der Waals surface area contributed by atoms with E-state index >= 15 is 0 Å². The molecule has 0 spiro atoms. The van der Waals surface area contributed by atoms with Crippen LogP contribution in [0.5, 0.6) is 0 Å². The molecule has 146 valence electrons. The third kappa shape index (κ3) is 3.46. The van der Waals surface area contributed by atoms with Gasteiger partial charge in [0.1, 0.15) is 0 Å². The van der Waals surface area contributed by atoms with Crippen LogP contribution in [0.2, 0.25) is 0 Å². The summed E-state index contributed by atoms with van der Waals surface area (Å²) in [5.41, 5.74) is 5.13. The second-order valence-corrected chi connectivity index (χ2v) is 7.90.